The fourth-order valence-electron chi connectivity index (χ4n) is 6.51. The minimum atomic E-state index is -1.51. The molecule has 4 aliphatic carbocycles. The third kappa shape index (κ3) is 3.07. The second-order valence-electron chi connectivity index (χ2n) is 8.85. The molecule has 0 bridgehead atoms. The van der Waals surface area contributed by atoms with Gasteiger partial charge >= 0.3 is 5.97 Å². The topological polar surface area (TPSA) is 101 Å². The van der Waals surface area contributed by atoms with Crippen LogP contribution in [0.4, 0.5) is 0 Å². The Kier molecular flexibility index (Phi) is 4.75. The van der Waals surface area contributed by atoms with Crippen molar-refractivity contribution in [2.45, 2.75) is 63.6 Å². The van der Waals surface area contributed by atoms with E-state index in [1.165, 1.54) is 12.5 Å². The Hall–Kier alpha value is -1.53. The van der Waals surface area contributed by atoms with Gasteiger partial charge in [-0.15, -0.1) is 0 Å². The van der Waals surface area contributed by atoms with Crippen molar-refractivity contribution in [3.05, 3.63) is 11.6 Å². The third-order valence-electron chi connectivity index (χ3n) is 7.62. The Morgan fingerprint density at radius 1 is 1.22 bits per heavy atom. The summed E-state index contributed by atoms with van der Waals surface area (Å²) in [6.07, 6.45) is 5.83. The van der Waals surface area contributed by atoms with Crippen LogP contribution in [0.3, 0.4) is 0 Å². The second-order valence-corrected chi connectivity index (χ2v) is 8.85. The summed E-state index contributed by atoms with van der Waals surface area (Å²) in [4.78, 5) is 35.4. The number of Topliss-reactive ketones (excluding diaryl/α,β-unsaturated/α-hetero) is 1. The van der Waals surface area contributed by atoms with Crippen LogP contribution in [0.1, 0.15) is 51.9 Å². The molecule has 0 aliphatic heterocycles. The lowest BCUT2D eigenvalue weighted by Gasteiger charge is -2.52. The molecule has 0 radical (unpaired) electrons. The van der Waals surface area contributed by atoms with Crippen molar-refractivity contribution in [1.29, 1.82) is 0 Å². The van der Waals surface area contributed by atoms with Gasteiger partial charge in [0.25, 0.3) is 0 Å². The molecule has 0 aromatic rings. The van der Waals surface area contributed by atoms with E-state index in [9.17, 15) is 24.6 Å². The first-order valence-electron chi connectivity index (χ1n) is 10.1. The fourth-order valence-corrected chi connectivity index (χ4v) is 6.51. The molecule has 3 saturated carbocycles. The van der Waals surface area contributed by atoms with Gasteiger partial charge in [-0.3, -0.25) is 14.4 Å². The number of rotatable bonds is 3. The summed E-state index contributed by atoms with van der Waals surface area (Å²) < 4.78 is 4.82. The highest BCUT2D eigenvalue weighted by molar-refractivity contribution is 5.91. The number of ketones is 2. The highest BCUT2D eigenvalue weighted by Gasteiger charge is 2.60. The lowest BCUT2D eigenvalue weighted by molar-refractivity contribution is -0.160. The Labute approximate surface area is 159 Å². The molecular weight excluding hydrogens is 348 g/mol. The third-order valence-corrected chi connectivity index (χ3v) is 7.62. The highest BCUT2D eigenvalue weighted by atomic mass is 16.5. The van der Waals surface area contributed by atoms with E-state index in [-0.39, 0.29) is 35.4 Å². The molecule has 4 rings (SSSR count). The monoisotopic (exact) mass is 376 g/mol. The van der Waals surface area contributed by atoms with E-state index in [4.69, 9.17) is 4.74 Å². The highest BCUT2D eigenvalue weighted by Crippen LogP contribution is 2.59. The van der Waals surface area contributed by atoms with Gasteiger partial charge in [0.15, 0.2) is 12.4 Å². The molecule has 3 fully saturated rings. The number of aliphatic hydroxyl groups is 2. The summed E-state index contributed by atoms with van der Waals surface area (Å²) in [5.74, 6) is -0.248. The second kappa shape index (κ2) is 6.82. The van der Waals surface area contributed by atoms with Crippen LogP contribution in [0.2, 0.25) is 0 Å². The Balaban J connectivity index is 1.55. The first-order valence-corrected chi connectivity index (χ1v) is 10.1. The van der Waals surface area contributed by atoms with Crippen LogP contribution in [0, 0.1) is 29.6 Å². The van der Waals surface area contributed by atoms with Crippen molar-refractivity contribution in [3.8, 4) is 0 Å². The van der Waals surface area contributed by atoms with E-state index in [0.29, 0.717) is 19.3 Å². The predicted octanol–water partition coefficient (Wildman–Crippen LogP) is 1.57. The average molecular weight is 376 g/mol. The SMILES string of the molecule is CC(=O)OCC(=O)[C@]1(O)CC[C@@H]2[C@@H]3CCC4=CC(=O)CC[C@@H]4[C@@H]3[C@H](O)C[C@H]21. The van der Waals surface area contributed by atoms with E-state index < -0.39 is 30.1 Å². The van der Waals surface area contributed by atoms with Crippen LogP contribution < -0.4 is 0 Å². The molecule has 0 heterocycles. The van der Waals surface area contributed by atoms with Gasteiger partial charge in [0.2, 0.25) is 5.78 Å². The van der Waals surface area contributed by atoms with E-state index in [1.807, 2.05) is 0 Å². The molecule has 4 aliphatic rings. The van der Waals surface area contributed by atoms with Gasteiger partial charge in [0.1, 0.15) is 5.60 Å². The number of hydrogen-bond acceptors (Lipinski definition) is 6. The van der Waals surface area contributed by atoms with Gasteiger partial charge in [-0.05, 0) is 68.3 Å². The first-order chi connectivity index (χ1) is 12.8. The van der Waals surface area contributed by atoms with Crippen molar-refractivity contribution in [3.63, 3.8) is 0 Å². The van der Waals surface area contributed by atoms with Gasteiger partial charge in [0, 0.05) is 19.3 Å². The molecular formula is C21H28O6. The number of carbonyl (C=O) groups is 3. The fraction of sp³-hybridized carbons (Fsp3) is 0.762. The van der Waals surface area contributed by atoms with Crippen LogP contribution in [0.15, 0.2) is 11.6 Å². The van der Waals surface area contributed by atoms with Crippen molar-refractivity contribution < 1.29 is 29.3 Å². The lowest BCUT2D eigenvalue weighted by Crippen LogP contribution is -2.54. The number of ether oxygens (including phenoxy) is 1. The zero-order valence-electron chi connectivity index (χ0n) is 15.7. The Morgan fingerprint density at radius 3 is 2.74 bits per heavy atom. The maximum Gasteiger partial charge on any atom is 0.303 e. The van der Waals surface area contributed by atoms with E-state index in [0.717, 1.165) is 25.7 Å². The molecule has 7 atom stereocenters. The van der Waals surface area contributed by atoms with Crippen LogP contribution >= 0.6 is 0 Å². The van der Waals surface area contributed by atoms with Gasteiger partial charge in [-0.1, -0.05) is 5.57 Å². The summed E-state index contributed by atoms with van der Waals surface area (Å²) in [6, 6.07) is 0. The Bertz CT molecular complexity index is 697. The Morgan fingerprint density at radius 2 is 2.00 bits per heavy atom. The zero-order chi connectivity index (χ0) is 19.3. The summed E-state index contributed by atoms with van der Waals surface area (Å²) in [5, 5.41) is 22.1. The lowest BCUT2D eigenvalue weighted by atomic mass is 9.54. The molecule has 27 heavy (non-hydrogen) atoms. The quantitative estimate of drug-likeness (QED) is 0.725. The number of allylic oxidation sites excluding steroid dienone is 1. The van der Waals surface area contributed by atoms with Crippen LogP contribution in [-0.4, -0.2) is 46.1 Å². The average Bonchev–Trinajstić information content (AvgIpc) is 2.97. The molecule has 2 N–H and O–H groups in total. The largest absolute Gasteiger partial charge is 0.458 e. The van der Waals surface area contributed by atoms with E-state index >= 15 is 0 Å². The minimum Gasteiger partial charge on any atom is -0.458 e. The maximum atomic E-state index is 12.6. The zero-order valence-corrected chi connectivity index (χ0v) is 15.7. The smallest absolute Gasteiger partial charge is 0.303 e. The summed E-state index contributed by atoms with van der Waals surface area (Å²) in [7, 11) is 0. The molecule has 148 valence electrons. The van der Waals surface area contributed by atoms with Crippen molar-refractivity contribution in [1.82, 2.24) is 0 Å². The predicted molar refractivity (Wildman–Crippen MR) is 95.5 cm³/mol. The molecule has 0 amide bonds. The number of carbonyl (C=O) groups excluding carboxylic acids is 3. The molecule has 0 spiro atoms. The first kappa shape index (κ1) is 18.8. The molecule has 6 nitrogen and oxygen atoms in total. The minimum absolute atomic E-state index is 0.116. The molecule has 0 aromatic heterocycles. The molecule has 0 aromatic carbocycles. The number of fused-ring (bicyclic) bond motifs is 5. The standard InChI is InChI=1S/C21H28O6/c1-11(22)27-10-19(25)21(26)7-6-15-16-4-2-12-8-13(23)3-5-14(12)20(16)18(24)9-17(15)21/h8,14-18,20,24,26H,2-7,9-10H2,1H3/t14-,15+,16-,17+,18+,20-,21-/m0/s1. The van der Waals surface area contributed by atoms with Gasteiger partial charge in [0.05, 0.1) is 6.10 Å². The molecule has 6 heteroatoms. The van der Waals surface area contributed by atoms with Crippen molar-refractivity contribution in [2.24, 2.45) is 29.6 Å². The molecule has 0 unspecified atom stereocenters. The van der Waals surface area contributed by atoms with Gasteiger partial charge < -0.3 is 14.9 Å². The van der Waals surface area contributed by atoms with Crippen LogP contribution in [0.25, 0.3) is 0 Å². The van der Waals surface area contributed by atoms with Gasteiger partial charge in [-0.2, -0.15) is 0 Å². The van der Waals surface area contributed by atoms with E-state index in [2.05, 4.69) is 0 Å². The van der Waals surface area contributed by atoms with E-state index in [1.54, 1.807) is 6.08 Å². The van der Waals surface area contributed by atoms with Crippen LogP contribution in [-0.2, 0) is 19.1 Å². The number of hydrogen-bond donors (Lipinski definition) is 2. The summed E-state index contributed by atoms with van der Waals surface area (Å²) in [5.41, 5.74) is -0.325. The van der Waals surface area contributed by atoms with Crippen molar-refractivity contribution >= 4 is 17.5 Å². The summed E-state index contributed by atoms with van der Waals surface area (Å²) >= 11 is 0. The normalized spacial score (nSPS) is 43.2. The van der Waals surface area contributed by atoms with Gasteiger partial charge in [-0.25, -0.2) is 0 Å². The summed E-state index contributed by atoms with van der Waals surface area (Å²) in [6.45, 7) is 0.836. The number of esters is 1. The van der Waals surface area contributed by atoms with Crippen molar-refractivity contribution in [2.75, 3.05) is 6.61 Å². The number of aliphatic hydroxyl groups excluding tert-OH is 1. The maximum absolute atomic E-state index is 12.6. The van der Waals surface area contributed by atoms with Crippen LogP contribution in [0.5, 0.6) is 0 Å². The molecule has 0 saturated heterocycles.